The molecule has 0 bridgehead atoms. The second-order valence-corrected chi connectivity index (χ2v) is 6.28. The molecular weight excluding hydrogens is 324 g/mol. The van der Waals surface area contributed by atoms with Gasteiger partial charge in [-0.15, -0.1) is 0 Å². The Balaban J connectivity index is 2.95. The van der Waals surface area contributed by atoms with Gasteiger partial charge in [0.25, 0.3) is 0 Å². The van der Waals surface area contributed by atoms with Gasteiger partial charge < -0.3 is 20.1 Å². The van der Waals surface area contributed by atoms with Gasteiger partial charge in [-0.3, -0.25) is 9.59 Å². The number of aliphatic carboxylic acids is 1. The van der Waals surface area contributed by atoms with Crippen LogP contribution < -0.4 is 4.74 Å². The van der Waals surface area contributed by atoms with E-state index in [1.54, 1.807) is 26.0 Å². The third kappa shape index (κ3) is 4.02. The molecule has 0 aliphatic carbocycles. The largest absolute Gasteiger partial charge is 0.481 e. The van der Waals surface area contributed by atoms with Crippen molar-refractivity contribution in [2.45, 2.75) is 33.8 Å². The van der Waals surface area contributed by atoms with E-state index in [9.17, 15) is 19.8 Å². The van der Waals surface area contributed by atoms with Crippen molar-refractivity contribution >= 4 is 23.5 Å². The van der Waals surface area contributed by atoms with E-state index in [-0.39, 0.29) is 5.75 Å². The number of carbonyl (C=O) groups is 2. The average molecular weight is 345 g/mol. The van der Waals surface area contributed by atoms with Crippen LogP contribution in [0, 0.1) is 25.2 Å². The predicted molar refractivity (Wildman–Crippen MR) is 84.6 cm³/mol. The van der Waals surface area contributed by atoms with Gasteiger partial charge in [-0.05, 0) is 51.0 Å². The van der Waals surface area contributed by atoms with E-state index in [1.807, 2.05) is 0 Å². The van der Waals surface area contributed by atoms with Crippen molar-refractivity contribution in [1.82, 2.24) is 0 Å². The standard InChI is InChI=1S/C16H21ClO6/c1-8-5-11(6-9(2)12(8)17)23-14(20)10(3)13(19)16(4,7-18)15(21)22/h5-6,10,13,18-19H,7H2,1-4H3,(H,21,22)/t10-,13+,16-/m1/s1. The Morgan fingerprint density at radius 3 is 2.17 bits per heavy atom. The Morgan fingerprint density at radius 1 is 1.30 bits per heavy atom. The number of hydrogen-bond donors (Lipinski definition) is 3. The number of aliphatic hydroxyl groups excluding tert-OH is 2. The molecule has 128 valence electrons. The molecule has 3 N–H and O–H groups in total. The lowest BCUT2D eigenvalue weighted by atomic mass is 9.79. The molecule has 1 aromatic rings. The van der Waals surface area contributed by atoms with Gasteiger partial charge in [0.15, 0.2) is 0 Å². The van der Waals surface area contributed by atoms with Gasteiger partial charge in [0.05, 0.1) is 18.6 Å². The molecule has 23 heavy (non-hydrogen) atoms. The minimum Gasteiger partial charge on any atom is -0.481 e. The van der Waals surface area contributed by atoms with E-state index < -0.39 is 36.0 Å². The second kappa shape index (κ2) is 7.29. The first-order valence-electron chi connectivity index (χ1n) is 7.05. The SMILES string of the molecule is Cc1cc(OC(=O)[C@H](C)[C@H](O)[C@@](C)(CO)C(=O)O)cc(C)c1Cl. The fourth-order valence-electron chi connectivity index (χ4n) is 2.14. The fourth-order valence-corrected chi connectivity index (χ4v) is 2.25. The summed E-state index contributed by atoms with van der Waals surface area (Å²) in [5.74, 6) is -3.07. The molecule has 7 heteroatoms. The van der Waals surface area contributed by atoms with Crippen molar-refractivity contribution in [3.63, 3.8) is 0 Å². The zero-order valence-corrected chi connectivity index (χ0v) is 14.2. The number of halogens is 1. The Kier molecular flexibility index (Phi) is 6.16. The minimum absolute atomic E-state index is 0.259. The molecule has 1 rings (SSSR count). The molecule has 6 nitrogen and oxygen atoms in total. The van der Waals surface area contributed by atoms with E-state index >= 15 is 0 Å². The highest BCUT2D eigenvalue weighted by molar-refractivity contribution is 6.32. The molecule has 0 aliphatic rings. The molecule has 0 spiro atoms. The van der Waals surface area contributed by atoms with Crippen LogP contribution in [0.1, 0.15) is 25.0 Å². The van der Waals surface area contributed by atoms with Gasteiger partial charge in [0, 0.05) is 5.02 Å². The summed E-state index contributed by atoms with van der Waals surface area (Å²) in [6, 6.07) is 3.16. The number of hydrogen-bond acceptors (Lipinski definition) is 5. The van der Waals surface area contributed by atoms with Crippen LogP contribution in [0.15, 0.2) is 12.1 Å². The number of benzene rings is 1. The van der Waals surface area contributed by atoms with Crippen LogP contribution in [0.3, 0.4) is 0 Å². The summed E-state index contributed by atoms with van der Waals surface area (Å²) in [6.45, 7) is 5.23. The molecule has 0 saturated heterocycles. The highest BCUT2D eigenvalue weighted by Crippen LogP contribution is 2.29. The third-order valence-electron chi connectivity index (χ3n) is 3.94. The number of rotatable bonds is 6. The first-order valence-corrected chi connectivity index (χ1v) is 7.43. The van der Waals surface area contributed by atoms with Crippen LogP contribution in [0.4, 0.5) is 0 Å². The van der Waals surface area contributed by atoms with E-state index in [1.165, 1.54) is 13.8 Å². The summed E-state index contributed by atoms with van der Waals surface area (Å²) in [6.07, 6.45) is -1.60. The maximum atomic E-state index is 12.2. The quantitative estimate of drug-likeness (QED) is 0.538. The van der Waals surface area contributed by atoms with Crippen molar-refractivity contribution in [2.24, 2.45) is 11.3 Å². The molecule has 3 atom stereocenters. The van der Waals surface area contributed by atoms with Gasteiger partial charge in [-0.25, -0.2) is 0 Å². The van der Waals surface area contributed by atoms with Crippen molar-refractivity contribution in [3.8, 4) is 5.75 Å². The lowest BCUT2D eigenvalue weighted by Crippen LogP contribution is -2.48. The number of aryl methyl sites for hydroxylation is 2. The molecule has 0 aromatic heterocycles. The smallest absolute Gasteiger partial charge is 0.316 e. The summed E-state index contributed by atoms with van der Waals surface area (Å²) in [7, 11) is 0. The predicted octanol–water partition coefficient (Wildman–Crippen LogP) is 1.94. The summed E-state index contributed by atoms with van der Waals surface area (Å²) in [5, 5.41) is 29.1. The second-order valence-electron chi connectivity index (χ2n) is 5.91. The van der Waals surface area contributed by atoms with Crippen molar-refractivity contribution in [2.75, 3.05) is 6.61 Å². The maximum Gasteiger partial charge on any atom is 0.316 e. The van der Waals surface area contributed by atoms with Gasteiger partial charge in [-0.1, -0.05) is 11.6 Å². The van der Waals surface area contributed by atoms with E-state index in [4.69, 9.17) is 21.4 Å². The molecule has 0 amide bonds. The Morgan fingerprint density at radius 2 is 1.78 bits per heavy atom. The highest BCUT2D eigenvalue weighted by Gasteiger charge is 2.45. The van der Waals surface area contributed by atoms with Crippen molar-refractivity contribution in [3.05, 3.63) is 28.3 Å². The van der Waals surface area contributed by atoms with Crippen LogP contribution in [0.2, 0.25) is 5.02 Å². The van der Waals surface area contributed by atoms with E-state index in [2.05, 4.69) is 0 Å². The number of carboxylic acid groups (broad SMARTS) is 1. The van der Waals surface area contributed by atoms with Gasteiger partial charge in [0.1, 0.15) is 11.2 Å². The fraction of sp³-hybridized carbons (Fsp3) is 0.500. The van der Waals surface area contributed by atoms with Crippen LogP contribution in [0.5, 0.6) is 5.75 Å². The summed E-state index contributed by atoms with van der Waals surface area (Å²) >= 11 is 6.04. The first-order chi connectivity index (χ1) is 10.5. The number of carboxylic acids is 1. The molecule has 0 radical (unpaired) electrons. The molecule has 1 aromatic carbocycles. The lowest BCUT2D eigenvalue weighted by Gasteiger charge is -2.31. The van der Waals surface area contributed by atoms with E-state index in [0.29, 0.717) is 5.02 Å². The molecule has 0 fully saturated rings. The van der Waals surface area contributed by atoms with Gasteiger partial charge >= 0.3 is 11.9 Å². The lowest BCUT2D eigenvalue weighted by molar-refractivity contribution is -0.165. The monoisotopic (exact) mass is 344 g/mol. The molecule has 0 saturated carbocycles. The Labute approximate surface area is 139 Å². The average Bonchev–Trinajstić information content (AvgIpc) is 2.49. The molecule has 0 heterocycles. The van der Waals surface area contributed by atoms with Gasteiger partial charge in [-0.2, -0.15) is 0 Å². The minimum atomic E-state index is -1.86. The number of ether oxygens (including phenoxy) is 1. The topological polar surface area (TPSA) is 104 Å². The van der Waals surface area contributed by atoms with Crippen molar-refractivity contribution in [1.29, 1.82) is 0 Å². The normalized spacial score (nSPS) is 16.3. The number of aliphatic hydroxyl groups is 2. The van der Waals surface area contributed by atoms with E-state index in [0.717, 1.165) is 11.1 Å². The molecule has 0 aliphatic heterocycles. The zero-order chi connectivity index (χ0) is 17.9. The van der Waals surface area contributed by atoms with Crippen LogP contribution in [-0.2, 0) is 9.59 Å². The summed E-state index contributed by atoms with van der Waals surface area (Å²) in [5.41, 5.74) is -0.397. The Bertz CT molecular complexity index is 592. The van der Waals surface area contributed by atoms with Gasteiger partial charge in [0.2, 0.25) is 0 Å². The molecular formula is C16H21ClO6. The van der Waals surface area contributed by atoms with Crippen molar-refractivity contribution < 1.29 is 29.6 Å². The molecule has 0 unspecified atom stereocenters. The number of carbonyl (C=O) groups excluding carboxylic acids is 1. The van der Waals surface area contributed by atoms with Crippen LogP contribution in [0.25, 0.3) is 0 Å². The number of esters is 1. The zero-order valence-electron chi connectivity index (χ0n) is 13.5. The highest BCUT2D eigenvalue weighted by atomic mass is 35.5. The summed E-state index contributed by atoms with van der Waals surface area (Å²) in [4.78, 5) is 23.4. The van der Waals surface area contributed by atoms with Crippen LogP contribution >= 0.6 is 11.6 Å². The third-order valence-corrected chi connectivity index (χ3v) is 4.54. The van der Waals surface area contributed by atoms with Crippen LogP contribution in [-0.4, -0.2) is 40.0 Å². The maximum absolute atomic E-state index is 12.2. The summed E-state index contributed by atoms with van der Waals surface area (Å²) < 4.78 is 5.20. The first kappa shape index (κ1) is 19.4. The Hall–Kier alpha value is -1.63.